The number of ether oxygens (including phenoxy) is 2. The zero-order chi connectivity index (χ0) is 14.3. The van der Waals surface area contributed by atoms with Gasteiger partial charge in [0.1, 0.15) is 0 Å². The van der Waals surface area contributed by atoms with Crippen molar-refractivity contribution in [1.29, 1.82) is 5.26 Å². The first kappa shape index (κ1) is 16.5. The van der Waals surface area contributed by atoms with Crippen molar-refractivity contribution in [3.63, 3.8) is 0 Å². The molecular weight excluding hydrogens is 238 g/mol. The van der Waals surface area contributed by atoms with Gasteiger partial charge in [-0.1, -0.05) is 27.2 Å². The molecule has 0 aromatic carbocycles. The summed E-state index contributed by atoms with van der Waals surface area (Å²) in [5.74, 6) is 0.727. The molecule has 1 saturated carbocycles. The Morgan fingerprint density at radius 3 is 2.53 bits per heavy atom. The van der Waals surface area contributed by atoms with Crippen LogP contribution in [-0.4, -0.2) is 25.9 Å². The fourth-order valence-electron chi connectivity index (χ4n) is 2.86. The van der Waals surface area contributed by atoms with Gasteiger partial charge in [0.05, 0.1) is 31.3 Å². The molecular formula is C16H29NO2. The lowest BCUT2D eigenvalue weighted by Gasteiger charge is -2.41. The third-order valence-electron chi connectivity index (χ3n) is 4.74. The van der Waals surface area contributed by atoms with Crippen molar-refractivity contribution in [2.24, 2.45) is 17.3 Å². The first-order valence-electron chi connectivity index (χ1n) is 7.64. The van der Waals surface area contributed by atoms with E-state index in [0.29, 0.717) is 24.5 Å². The van der Waals surface area contributed by atoms with Crippen LogP contribution in [0, 0.1) is 28.6 Å². The molecule has 3 heteroatoms. The highest BCUT2D eigenvalue weighted by Crippen LogP contribution is 2.42. The maximum Gasteiger partial charge on any atom is 0.0737 e. The minimum atomic E-state index is 0.0607. The largest absolute Gasteiger partial charge is 0.379 e. The molecule has 0 N–H and O–H groups in total. The van der Waals surface area contributed by atoms with Gasteiger partial charge < -0.3 is 9.47 Å². The van der Waals surface area contributed by atoms with E-state index in [1.165, 1.54) is 6.42 Å². The van der Waals surface area contributed by atoms with Crippen molar-refractivity contribution in [3.8, 4) is 6.07 Å². The highest BCUT2D eigenvalue weighted by molar-refractivity contribution is 4.96. The van der Waals surface area contributed by atoms with Gasteiger partial charge in [-0.15, -0.1) is 0 Å². The summed E-state index contributed by atoms with van der Waals surface area (Å²) in [6.07, 6.45) is 4.43. The molecule has 0 radical (unpaired) electrons. The van der Waals surface area contributed by atoms with E-state index in [1.807, 2.05) is 6.92 Å². The highest BCUT2D eigenvalue weighted by Gasteiger charge is 2.37. The predicted octanol–water partition coefficient (Wildman–Crippen LogP) is 3.78. The van der Waals surface area contributed by atoms with Crippen molar-refractivity contribution in [1.82, 2.24) is 0 Å². The van der Waals surface area contributed by atoms with Gasteiger partial charge in [0, 0.05) is 6.61 Å². The Labute approximate surface area is 118 Å². The maximum absolute atomic E-state index is 9.25. The third-order valence-corrected chi connectivity index (χ3v) is 4.74. The molecule has 1 aliphatic rings. The van der Waals surface area contributed by atoms with Crippen LogP contribution >= 0.6 is 0 Å². The second-order valence-electron chi connectivity index (χ2n) is 6.19. The molecule has 1 fully saturated rings. The smallest absolute Gasteiger partial charge is 0.0737 e. The Kier molecular flexibility index (Phi) is 6.82. The van der Waals surface area contributed by atoms with Gasteiger partial charge in [-0.2, -0.15) is 5.26 Å². The average molecular weight is 267 g/mol. The molecule has 110 valence electrons. The molecule has 0 heterocycles. The van der Waals surface area contributed by atoms with Crippen LogP contribution in [0.1, 0.15) is 53.4 Å². The van der Waals surface area contributed by atoms with Gasteiger partial charge in [0.15, 0.2) is 0 Å². The van der Waals surface area contributed by atoms with Gasteiger partial charge in [-0.3, -0.25) is 0 Å². The van der Waals surface area contributed by atoms with Crippen molar-refractivity contribution in [2.75, 3.05) is 19.8 Å². The minimum Gasteiger partial charge on any atom is -0.379 e. The lowest BCUT2D eigenvalue weighted by molar-refractivity contribution is -0.0500. The number of nitrogens with zero attached hydrogens (tertiary/aromatic N) is 1. The number of nitriles is 1. The summed E-state index contributed by atoms with van der Waals surface area (Å²) in [6, 6.07) is 2.42. The van der Waals surface area contributed by atoms with Gasteiger partial charge in [0.2, 0.25) is 0 Å². The van der Waals surface area contributed by atoms with Crippen LogP contribution in [-0.2, 0) is 9.47 Å². The minimum absolute atomic E-state index is 0.0607. The van der Waals surface area contributed by atoms with Crippen LogP contribution in [0.5, 0.6) is 0 Å². The van der Waals surface area contributed by atoms with E-state index in [1.54, 1.807) is 0 Å². The summed E-state index contributed by atoms with van der Waals surface area (Å²) >= 11 is 0. The van der Waals surface area contributed by atoms with Gasteiger partial charge in [0.25, 0.3) is 0 Å². The van der Waals surface area contributed by atoms with E-state index >= 15 is 0 Å². The highest BCUT2D eigenvalue weighted by atomic mass is 16.5. The summed E-state index contributed by atoms with van der Waals surface area (Å²) in [5.41, 5.74) is 0.349. The van der Waals surface area contributed by atoms with Gasteiger partial charge >= 0.3 is 0 Å². The molecule has 1 rings (SSSR count). The Balaban J connectivity index is 2.52. The SMILES string of the molecule is CCOCCOC1CC(C(C)(C)CC)CCC1C#N. The number of hydrogen-bond acceptors (Lipinski definition) is 3. The Bertz CT molecular complexity index is 296. The third kappa shape index (κ3) is 4.78. The van der Waals surface area contributed by atoms with Crippen LogP contribution in [0.25, 0.3) is 0 Å². The molecule has 0 spiro atoms. The van der Waals surface area contributed by atoms with Crippen molar-refractivity contribution in [3.05, 3.63) is 0 Å². The van der Waals surface area contributed by atoms with Crippen LogP contribution in [0.3, 0.4) is 0 Å². The van der Waals surface area contributed by atoms with Crippen LogP contribution < -0.4 is 0 Å². The summed E-state index contributed by atoms with van der Waals surface area (Å²) in [6.45, 7) is 10.9. The monoisotopic (exact) mass is 267 g/mol. The molecule has 0 amide bonds. The average Bonchev–Trinajstić information content (AvgIpc) is 2.43. The summed E-state index contributed by atoms with van der Waals surface area (Å²) in [5, 5.41) is 9.25. The van der Waals surface area contributed by atoms with E-state index in [-0.39, 0.29) is 12.0 Å². The van der Waals surface area contributed by atoms with E-state index in [9.17, 15) is 5.26 Å². The second kappa shape index (κ2) is 7.87. The van der Waals surface area contributed by atoms with E-state index in [2.05, 4.69) is 26.8 Å². The molecule has 0 aromatic heterocycles. The zero-order valence-corrected chi connectivity index (χ0v) is 12.9. The Morgan fingerprint density at radius 1 is 1.21 bits per heavy atom. The predicted molar refractivity (Wildman–Crippen MR) is 76.7 cm³/mol. The zero-order valence-electron chi connectivity index (χ0n) is 12.9. The molecule has 19 heavy (non-hydrogen) atoms. The molecule has 3 nitrogen and oxygen atoms in total. The van der Waals surface area contributed by atoms with E-state index in [0.717, 1.165) is 25.9 Å². The summed E-state index contributed by atoms with van der Waals surface area (Å²) in [7, 11) is 0. The first-order valence-corrected chi connectivity index (χ1v) is 7.64. The van der Waals surface area contributed by atoms with Crippen LogP contribution in [0.4, 0.5) is 0 Å². The standard InChI is InChI=1S/C16H29NO2/c1-5-16(3,4)14-8-7-13(12-17)15(11-14)19-10-9-18-6-2/h13-15H,5-11H2,1-4H3. The van der Waals surface area contributed by atoms with Crippen molar-refractivity contribution >= 4 is 0 Å². The topological polar surface area (TPSA) is 42.2 Å². The lowest BCUT2D eigenvalue weighted by atomic mass is 9.67. The van der Waals surface area contributed by atoms with Crippen LogP contribution in [0.15, 0.2) is 0 Å². The Hall–Kier alpha value is -0.590. The Morgan fingerprint density at radius 2 is 1.95 bits per heavy atom. The van der Waals surface area contributed by atoms with Crippen LogP contribution in [0.2, 0.25) is 0 Å². The lowest BCUT2D eigenvalue weighted by Crippen LogP contribution is -2.37. The second-order valence-corrected chi connectivity index (χ2v) is 6.19. The molecule has 1 aliphatic carbocycles. The van der Waals surface area contributed by atoms with Crippen molar-refractivity contribution in [2.45, 2.75) is 59.5 Å². The molecule has 0 aromatic rings. The normalized spacial score (nSPS) is 28.1. The van der Waals surface area contributed by atoms with E-state index in [4.69, 9.17) is 9.47 Å². The summed E-state index contributed by atoms with van der Waals surface area (Å²) < 4.78 is 11.2. The summed E-state index contributed by atoms with van der Waals surface area (Å²) in [4.78, 5) is 0. The number of rotatable bonds is 7. The number of hydrogen-bond donors (Lipinski definition) is 0. The maximum atomic E-state index is 9.25. The van der Waals surface area contributed by atoms with E-state index < -0.39 is 0 Å². The van der Waals surface area contributed by atoms with Gasteiger partial charge in [-0.05, 0) is 37.5 Å². The first-order chi connectivity index (χ1) is 9.05. The fourth-order valence-corrected chi connectivity index (χ4v) is 2.86. The molecule has 0 saturated heterocycles. The fraction of sp³-hybridized carbons (Fsp3) is 0.938. The molecule has 3 atom stereocenters. The molecule has 0 aliphatic heterocycles. The molecule has 0 bridgehead atoms. The van der Waals surface area contributed by atoms with Gasteiger partial charge in [-0.25, -0.2) is 0 Å². The van der Waals surface area contributed by atoms with Crippen molar-refractivity contribution < 1.29 is 9.47 Å². The quantitative estimate of drug-likeness (QED) is 0.659. The molecule has 3 unspecified atom stereocenters.